The molecule has 1 heterocycles. The van der Waals surface area contributed by atoms with E-state index in [0.717, 1.165) is 50.6 Å². The number of likely N-dealkylation sites (tertiary alicyclic amines) is 1. The maximum absolute atomic E-state index is 13.7. The van der Waals surface area contributed by atoms with Crippen molar-refractivity contribution in [3.63, 3.8) is 0 Å². The van der Waals surface area contributed by atoms with E-state index in [1.165, 1.54) is 0 Å². The van der Waals surface area contributed by atoms with Gasteiger partial charge in [-0.1, -0.05) is 18.9 Å². The number of rotatable bonds is 7. The fourth-order valence-electron chi connectivity index (χ4n) is 4.85. The summed E-state index contributed by atoms with van der Waals surface area (Å²) in [4.78, 5) is 26.6. The molecule has 1 aliphatic carbocycles. The number of ether oxygens (including phenoxy) is 2. The van der Waals surface area contributed by atoms with Gasteiger partial charge in [0.2, 0.25) is 5.91 Å². The molecule has 1 saturated carbocycles. The van der Waals surface area contributed by atoms with Gasteiger partial charge in [-0.05, 0) is 55.7 Å². The fraction of sp³-hybridized carbons (Fsp3) is 0.636. The molecule has 1 unspecified atom stereocenters. The number of aliphatic carboxylic acids is 1. The van der Waals surface area contributed by atoms with Crippen molar-refractivity contribution in [3.05, 3.63) is 23.8 Å². The smallest absolute Gasteiger partial charge is 0.303 e. The summed E-state index contributed by atoms with van der Waals surface area (Å²) in [6, 6.07) is 5.83. The van der Waals surface area contributed by atoms with Gasteiger partial charge in [0.05, 0.1) is 19.6 Å². The minimum Gasteiger partial charge on any atom is -0.493 e. The number of piperidine rings is 1. The van der Waals surface area contributed by atoms with Crippen molar-refractivity contribution in [1.29, 1.82) is 0 Å². The van der Waals surface area contributed by atoms with Crippen molar-refractivity contribution in [2.24, 2.45) is 5.92 Å². The highest BCUT2D eigenvalue weighted by molar-refractivity contribution is 5.89. The first-order valence-corrected chi connectivity index (χ1v) is 10.2. The van der Waals surface area contributed by atoms with E-state index in [-0.39, 0.29) is 18.2 Å². The van der Waals surface area contributed by atoms with E-state index in [9.17, 15) is 9.59 Å². The SMILES string of the molecule is COc1ccc(C2(C(=O)N3CCCC(CCC(=O)O)C3)CCCC2)cc1OC. The topological polar surface area (TPSA) is 76.1 Å². The third-order valence-corrected chi connectivity index (χ3v) is 6.38. The summed E-state index contributed by atoms with van der Waals surface area (Å²) in [5.41, 5.74) is 0.495. The van der Waals surface area contributed by atoms with Gasteiger partial charge in [-0.25, -0.2) is 0 Å². The van der Waals surface area contributed by atoms with Crippen LogP contribution in [0.3, 0.4) is 0 Å². The van der Waals surface area contributed by atoms with Crippen LogP contribution in [0.25, 0.3) is 0 Å². The first-order valence-electron chi connectivity index (χ1n) is 10.2. The molecule has 1 aromatic carbocycles. The molecule has 28 heavy (non-hydrogen) atoms. The number of hydrogen-bond donors (Lipinski definition) is 1. The number of carbonyl (C=O) groups is 2. The molecular weight excluding hydrogens is 358 g/mol. The van der Waals surface area contributed by atoms with Gasteiger partial charge in [0.25, 0.3) is 0 Å². The maximum Gasteiger partial charge on any atom is 0.303 e. The Hall–Kier alpha value is -2.24. The quantitative estimate of drug-likeness (QED) is 0.771. The van der Waals surface area contributed by atoms with Crippen molar-refractivity contribution < 1.29 is 24.2 Å². The summed E-state index contributed by atoms with van der Waals surface area (Å²) < 4.78 is 10.8. The molecule has 3 rings (SSSR count). The molecular formula is C22H31NO5. The molecule has 1 atom stereocenters. The molecule has 6 heteroatoms. The number of amides is 1. The van der Waals surface area contributed by atoms with Gasteiger partial charge in [-0.2, -0.15) is 0 Å². The Morgan fingerprint density at radius 3 is 2.50 bits per heavy atom. The number of carbonyl (C=O) groups excluding carboxylic acids is 1. The van der Waals surface area contributed by atoms with Gasteiger partial charge in [0.1, 0.15) is 0 Å². The van der Waals surface area contributed by atoms with Crippen LogP contribution >= 0.6 is 0 Å². The molecule has 0 aromatic heterocycles. The number of nitrogens with zero attached hydrogens (tertiary/aromatic N) is 1. The van der Waals surface area contributed by atoms with Crippen molar-refractivity contribution in [1.82, 2.24) is 4.90 Å². The van der Waals surface area contributed by atoms with E-state index in [1.54, 1.807) is 14.2 Å². The third kappa shape index (κ3) is 4.10. The van der Waals surface area contributed by atoms with Crippen molar-refractivity contribution in [2.45, 2.75) is 56.8 Å². The summed E-state index contributed by atoms with van der Waals surface area (Å²) >= 11 is 0. The summed E-state index contributed by atoms with van der Waals surface area (Å²) in [6.07, 6.45) is 6.52. The average Bonchev–Trinajstić information content (AvgIpc) is 3.22. The van der Waals surface area contributed by atoms with Gasteiger partial charge < -0.3 is 19.5 Å². The highest BCUT2D eigenvalue weighted by atomic mass is 16.5. The minimum absolute atomic E-state index is 0.174. The van der Waals surface area contributed by atoms with Crippen molar-refractivity contribution in [3.8, 4) is 11.5 Å². The zero-order chi connectivity index (χ0) is 20.1. The van der Waals surface area contributed by atoms with E-state index in [2.05, 4.69) is 0 Å². The number of hydrogen-bond acceptors (Lipinski definition) is 4. The Bertz CT molecular complexity index is 711. The number of carboxylic acids is 1. The number of benzene rings is 1. The molecule has 2 aliphatic rings. The number of methoxy groups -OCH3 is 2. The molecule has 0 spiro atoms. The Balaban J connectivity index is 1.83. The van der Waals surface area contributed by atoms with Crippen LogP contribution in [0.5, 0.6) is 11.5 Å². The summed E-state index contributed by atoms with van der Waals surface area (Å²) in [7, 11) is 3.22. The summed E-state index contributed by atoms with van der Waals surface area (Å²) in [5.74, 6) is 1.02. The Morgan fingerprint density at radius 1 is 1.14 bits per heavy atom. The Morgan fingerprint density at radius 2 is 1.86 bits per heavy atom. The fourth-order valence-corrected chi connectivity index (χ4v) is 4.85. The van der Waals surface area contributed by atoms with Gasteiger partial charge in [0, 0.05) is 19.5 Å². The van der Waals surface area contributed by atoms with Gasteiger partial charge in [0.15, 0.2) is 11.5 Å². The molecule has 1 aromatic rings. The molecule has 6 nitrogen and oxygen atoms in total. The minimum atomic E-state index is -0.763. The highest BCUT2D eigenvalue weighted by Gasteiger charge is 2.46. The standard InChI is InChI=1S/C22H31NO5/c1-27-18-9-8-17(14-19(18)28-2)22(11-3-4-12-22)21(26)23-13-5-6-16(15-23)7-10-20(24)25/h8-9,14,16H,3-7,10-13,15H2,1-2H3,(H,24,25). The molecule has 0 bridgehead atoms. The zero-order valence-electron chi connectivity index (χ0n) is 16.9. The maximum atomic E-state index is 13.7. The lowest BCUT2D eigenvalue weighted by Gasteiger charge is -2.39. The molecule has 0 radical (unpaired) electrons. The van der Waals surface area contributed by atoms with E-state index in [0.29, 0.717) is 24.5 Å². The van der Waals surface area contributed by atoms with E-state index < -0.39 is 11.4 Å². The second kappa shape index (κ2) is 8.84. The normalized spacial score (nSPS) is 21.4. The molecule has 154 valence electrons. The van der Waals surface area contributed by atoms with Crippen LogP contribution in [0, 0.1) is 5.92 Å². The third-order valence-electron chi connectivity index (χ3n) is 6.38. The first-order chi connectivity index (χ1) is 13.5. The molecule has 1 amide bonds. The first kappa shape index (κ1) is 20.5. The second-order valence-corrected chi connectivity index (χ2v) is 8.05. The largest absolute Gasteiger partial charge is 0.493 e. The van der Waals surface area contributed by atoms with E-state index in [4.69, 9.17) is 14.6 Å². The number of carboxylic acid groups (broad SMARTS) is 1. The van der Waals surface area contributed by atoms with Crippen LogP contribution in [0.2, 0.25) is 0 Å². The zero-order valence-corrected chi connectivity index (χ0v) is 16.9. The van der Waals surface area contributed by atoms with Crippen LogP contribution in [-0.2, 0) is 15.0 Å². The van der Waals surface area contributed by atoms with Crippen LogP contribution in [0.4, 0.5) is 0 Å². The van der Waals surface area contributed by atoms with Gasteiger partial charge >= 0.3 is 5.97 Å². The van der Waals surface area contributed by atoms with Gasteiger partial charge in [-0.3, -0.25) is 9.59 Å². The predicted molar refractivity (Wildman–Crippen MR) is 106 cm³/mol. The van der Waals surface area contributed by atoms with E-state index >= 15 is 0 Å². The van der Waals surface area contributed by atoms with Crippen LogP contribution in [-0.4, -0.2) is 49.2 Å². The monoisotopic (exact) mass is 389 g/mol. The van der Waals surface area contributed by atoms with Crippen molar-refractivity contribution in [2.75, 3.05) is 27.3 Å². The van der Waals surface area contributed by atoms with E-state index in [1.807, 2.05) is 23.1 Å². The predicted octanol–water partition coefficient (Wildman–Crippen LogP) is 3.62. The Kier molecular flexibility index (Phi) is 6.47. The highest BCUT2D eigenvalue weighted by Crippen LogP contribution is 2.45. The molecule has 2 fully saturated rings. The molecule has 1 aliphatic heterocycles. The summed E-state index contributed by atoms with van der Waals surface area (Å²) in [5, 5.41) is 8.97. The average molecular weight is 389 g/mol. The lowest BCUT2D eigenvalue weighted by molar-refractivity contribution is -0.139. The lowest BCUT2D eigenvalue weighted by Crippen LogP contribution is -2.49. The lowest BCUT2D eigenvalue weighted by atomic mass is 9.76. The van der Waals surface area contributed by atoms with Crippen LogP contribution in [0.15, 0.2) is 18.2 Å². The van der Waals surface area contributed by atoms with Gasteiger partial charge in [-0.15, -0.1) is 0 Å². The van der Waals surface area contributed by atoms with Crippen molar-refractivity contribution >= 4 is 11.9 Å². The second-order valence-electron chi connectivity index (χ2n) is 8.05. The summed E-state index contributed by atoms with van der Waals surface area (Å²) in [6.45, 7) is 1.43. The van der Waals surface area contributed by atoms with Crippen LogP contribution in [0.1, 0.15) is 56.9 Å². The van der Waals surface area contributed by atoms with Crippen LogP contribution < -0.4 is 9.47 Å². The molecule has 1 N–H and O–H groups in total. The Labute approximate surface area is 166 Å². The molecule has 1 saturated heterocycles.